The lowest BCUT2D eigenvalue weighted by Gasteiger charge is -2.08. The average Bonchev–Trinajstić information content (AvgIpc) is 2.75. The lowest BCUT2D eigenvalue weighted by Crippen LogP contribution is -2.10. The maximum absolute atomic E-state index is 5.90. The van der Waals surface area contributed by atoms with Crippen molar-refractivity contribution in [2.45, 2.75) is 19.4 Å². The number of hydrogen-bond acceptors (Lipinski definition) is 3. The van der Waals surface area contributed by atoms with E-state index in [1.54, 1.807) is 10.9 Å². The largest absolute Gasteiger partial charge is 0.323 e. The number of nitrogens with zero attached hydrogens (tertiary/aromatic N) is 3. The Morgan fingerprint density at radius 3 is 2.75 bits per heavy atom. The average molecular weight is 328 g/mol. The summed E-state index contributed by atoms with van der Waals surface area (Å²) in [7, 11) is 0. The summed E-state index contributed by atoms with van der Waals surface area (Å²) in [6.07, 6.45) is 6.46. The summed E-state index contributed by atoms with van der Waals surface area (Å²) in [5.41, 5.74) is 7.78. The standard InChI is InChI=1S/C11H13IN4/c1-2-10(13)11-4-3-9(6-14-11)16-7-8(12)5-15-16/h3-7,10H,2,13H2,1H3. The van der Waals surface area contributed by atoms with Crippen molar-refractivity contribution >= 4 is 22.6 Å². The van der Waals surface area contributed by atoms with Gasteiger partial charge in [0.1, 0.15) is 0 Å². The Balaban J connectivity index is 2.25. The quantitative estimate of drug-likeness (QED) is 0.880. The highest BCUT2D eigenvalue weighted by atomic mass is 127. The number of pyridine rings is 1. The van der Waals surface area contributed by atoms with Crippen LogP contribution in [0, 0.1) is 3.57 Å². The minimum Gasteiger partial charge on any atom is -0.323 e. The minimum absolute atomic E-state index is 0.0202. The fourth-order valence-corrected chi connectivity index (χ4v) is 1.79. The maximum atomic E-state index is 5.90. The van der Waals surface area contributed by atoms with Crippen LogP contribution in [-0.4, -0.2) is 14.8 Å². The van der Waals surface area contributed by atoms with Gasteiger partial charge in [-0.2, -0.15) is 5.10 Å². The van der Waals surface area contributed by atoms with Gasteiger partial charge in [0.15, 0.2) is 0 Å². The topological polar surface area (TPSA) is 56.7 Å². The van der Waals surface area contributed by atoms with Gasteiger partial charge in [-0.05, 0) is 41.1 Å². The first kappa shape index (κ1) is 11.5. The smallest absolute Gasteiger partial charge is 0.0829 e. The van der Waals surface area contributed by atoms with E-state index in [-0.39, 0.29) is 6.04 Å². The highest BCUT2D eigenvalue weighted by Crippen LogP contribution is 2.13. The summed E-state index contributed by atoms with van der Waals surface area (Å²) in [5.74, 6) is 0. The van der Waals surface area contributed by atoms with Crippen LogP contribution in [0.5, 0.6) is 0 Å². The zero-order valence-corrected chi connectivity index (χ0v) is 11.1. The molecule has 0 fully saturated rings. The summed E-state index contributed by atoms with van der Waals surface area (Å²) in [4.78, 5) is 4.35. The monoisotopic (exact) mass is 328 g/mol. The lowest BCUT2D eigenvalue weighted by atomic mass is 10.1. The van der Waals surface area contributed by atoms with E-state index in [1.807, 2.05) is 24.5 Å². The van der Waals surface area contributed by atoms with Gasteiger partial charge < -0.3 is 5.73 Å². The van der Waals surface area contributed by atoms with Crippen molar-refractivity contribution in [1.82, 2.24) is 14.8 Å². The minimum atomic E-state index is 0.0202. The predicted octanol–water partition coefficient (Wildman–Crippen LogP) is 2.28. The van der Waals surface area contributed by atoms with Crippen LogP contribution in [0.1, 0.15) is 25.1 Å². The molecule has 0 spiro atoms. The second-order valence-corrected chi connectivity index (χ2v) is 4.80. The van der Waals surface area contributed by atoms with Crippen molar-refractivity contribution in [3.8, 4) is 5.69 Å². The van der Waals surface area contributed by atoms with Crippen molar-refractivity contribution in [3.05, 3.63) is 40.0 Å². The number of nitrogens with two attached hydrogens (primary N) is 1. The van der Waals surface area contributed by atoms with Crippen LogP contribution >= 0.6 is 22.6 Å². The van der Waals surface area contributed by atoms with Gasteiger partial charge in [0, 0.05) is 12.2 Å². The molecule has 0 aromatic carbocycles. The van der Waals surface area contributed by atoms with Gasteiger partial charge in [0.25, 0.3) is 0 Å². The Hall–Kier alpha value is -0.950. The third-order valence-corrected chi connectivity index (χ3v) is 2.96. The molecule has 0 aliphatic heterocycles. The molecule has 2 aromatic rings. The summed E-state index contributed by atoms with van der Waals surface area (Å²) < 4.78 is 2.91. The summed E-state index contributed by atoms with van der Waals surface area (Å²) in [6, 6.07) is 3.96. The van der Waals surface area contributed by atoms with Crippen LogP contribution in [0.3, 0.4) is 0 Å². The van der Waals surface area contributed by atoms with Crippen molar-refractivity contribution in [2.75, 3.05) is 0 Å². The molecule has 84 valence electrons. The van der Waals surface area contributed by atoms with Crippen molar-refractivity contribution in [3.63, 3.8) is 0 Å². The Bertz CT molecular complexity index is 463. The first-order chi connectivity index (χ1) is 7.70. The number of aromatic nitrogens is 3. The summed E-state index contributed by atoms with van der Waals surface area (Å²) in [5, 5.41) is 4.22. The van der Waals surface area contributed by atoms with Crippen LogP contribution in [0.25, 0.3) is 5.69 Å². The van der Waals surface area contributed by atoms with Crippen molar-refractivity contribution in [2.24, 2.45) is 5.73 Å². The molecular weight excluding hydrogens is 315 g/mol. The Morgan fingerprint density at radius 2 is 2.25 bits per heavy atom. The van der Waals surface area contributed by atoms with Gasteiger partial charge in [0.2, 0.25) is 0 Å². The van der Waals surface area contributed by atoms with Gasteiger partial charge in [-0.1, -0.05) is 6.92 Å². The van der Waals surface area contributed by atoms with E-state index in [0.717, 1.165) is 21.4 Å². The van der Waals surface area contributed by atoms with Crippen molar-refractivity contribution in [1.29, 1.82) is 0 Å². The second-order valence-electron chi connectivity index (χ2n) is 3.56. The molecule has 1 atom stereocenters. The molecule has 0 bridgehead atoms. The van der Waals surface area contributed by atoms with Crippen LogP contribution in [-0.2, 0) is 0 Å². The number of rotatable bonds is 3. The van der Waals surface area contributed by atoms with Crippen LogP contribution < -0.4 is 5.73 Å². The number of hydrogen-bond donors (Lipinski definition) is 1. The molecule has 2 aromatic heterocycles. The fraction of sp³-hybridized carbons (Fsp3) is 0.273. The van der Waals surface area contributed by atoms with Crippen molar-refractivity contribution < 1.29 is 0 Å². The normalized spacial score (nSPS) is 12.7. The lowest BCUT2D eigenvalue weighted by molar-refractivity contribution is 0.674. The molecule has 0 aliphatic carbocycles. The first-order valence-corrected chi connectivity index (χ1v) is 6.20. The second kappa shape index (κ2) is 4.92. The molecule has 4 nitrogen and oxygen atoms in total. The molecular formula is C11H13IN4. The molecule has 16 heavy (non-hydrogen) atoms. The van der Waals surface area contributed by atoms with Gasteiger partial charge in [-0.3, -0.25) is 4.98 Å². The van der Waals surface area contributed by atoms with E-state index in [1.165, 1.54) is 0 Å². The molecule has 1 unspecified atom stereocenters. The number of halogens is 1. The van der Waals surface area contributed by atoms with Crippen LogP contribution in [0.15, 0.2) is 30.7 Å². The Labute approximate surface area is 108 Å². The molecule has 2 rings (SSSR count). The van der Waals surface area contributed by atoms with E-state index in [9.17, 15) is 0 Å². The molecule has 2 N–H and O–H groups in total. The van der Waals surface area contributed by atoms with Gasteiger partial charge in [-0.15, -0.1) is 0 Å². The Morgan fingerprint density at radius 1 is 1.44 bits per heavy atom. The molecule has 0 saturated heterocycles. The highest BCUT2D eigenvalue weighted by molar-refractivity contribution is 14.1. The highest BCUT2D eigenvalue weighted by Gasteiger charge is 2.05. The maximum Gasteiger partial charge on any atom is 0.0829 e. The van der Waals surface area contributed by atoms with E-state index in [2.05, 4.69) is 39.6 Å². The third kappa shape index (κ3) is 2.41. The summed E-state index contributed by atoms with van der Waals surface area (Å²) >= 11 is 2.23. The molecule has 0 aliphatic rings. The predicted molar refractivity (Wildman–Crippen MR) is 71.3 cm³/mol. The van der Waals surface area contributed by atoms with E-state index >= 15 is 0 Å². The van der Waals surface area contributed by atoms with Crippen LogP contribution in [0.4, 0.5) is 0 Å². The summed E-state index contributed by atoms with van der Waals surface area (Å²) in [6.45, 7) is 2.05. The molecule has 2 heterocycles. The zero-order valence-electron chi connectivity index (χ0n) is 8.97. The first-order valence-electron chi connectivity index (χ1n) is 5.12. The third-order valence-electron chi connectivity index (χ3n) is 2.41. The zero-order chi connectivity index (χ0) is 11.5. The molecule has 0 radical (unpaired) electrons. The van der Waals surface area contributed by atoms with Gasteiger partial charge >= 0.3 is 0 Å². The fourth-order valence-electron chi connectivity index (χ4n) is 1.40. The van der Waals surface area contributed by atoms with E-state index < -0.39 is 0 Å². The molecule has 0 amide bonds. The van der Waals surface area contributed by atoms with Gasteiger partial charge in [-0.25, -0.2) is 4.68 Å². The Kier molecular flexibility index (Phi) is 3.55. The van der Waals surface area contributed by atoms with Gasteiger partial charge in [0.05, 0.1) is 27.3 Å². The van der Waals surface area contributed by atoms with E-state index in [4.69, 9.17) is 5.73 Å². The van der Waals surface area contributed by atoms with E-state index in [0.29, 0.717) is 0 Å². The molecule has 0 saturated carbocycles. The van der Waals surface area contributed by atoms with Crippen LogP contribution in [0.2, 0.25) is 0 Å². The SMILES string of the molecule is CCC(N)c1ccc(-n2cc(I)cn2)cn1. The molecule has 5 heteroatoms.